The number of hydrogen-bond acceptors (Lipinski definition) is 5. The van der Waals surface area contributed by atoms with E-state index >= 15 is 0 Å². The van der Waals surface area contributed by atoms with Crippen LogP contribution in [0.1, 0.15) is 12.0 Å². The molecule has 6 atom stereocenters. The molecule has 3 fully saturated rings. The predicted octanol–water partition coefficient (Wildman–Crippen LogP) is 1.29. The van der Waals surface area contributed by atoms with Crippen molar-refractivity contribution in [1.82, 2.24) is 0 Å². The third-order valence-electron chi connectivity index (χ3n) is 4.62. The van der Waals surface area contributed by atoms with Crippen LogP contribution in [0.25, 0.3) is 0 Å². The number of aliphatic hydroxyl groups is 1. The Morgan fingerprint density at radius 1 is 1.25 bits per heavy atom. The molecule has 0 amide bonds. The number of benzene rings is 1. The number of ether oxygens (including phenoxy) is 4. The van der Waals surface area contributed by atoms with Crippen LogP contribution in [-0.2, 0) is 20.8 Å². The summed E-state index contributed by atoms with van der Waals surface area (Å²) in [5.41, 5.74) is 1.08. The first-order valence-corrected chi connectivity index (χ1v) is 7.00. The van der Waals surface area contributed by atoms with Crippen molar-refractivity contribution in [3.8, 4) is 5.75 Å². The first kappa shape index (κ1) is 12.6. The van der Waals surface area contributed by atoms with Crippen LogP contribution in [0.5, 0.6) is 5.75 Å². The molecule has 2 heterocycles. The van der Waals surface area contributed by atoms with Gasteiger partial charge in [-0.3, -0.25) is 0 Å². The number of rotatable bonds is 4. The van der Waals surface area contributed by atoms with Crippen molar-refractivity contribution in [2.24, 2.45) is 11.8 Å². The fraction of sp³-hybridized carbons (Fsp3) is 0.600. The van der Waals surface area contributed by atoms with Crippen LogP contribution in [0.15, 0.2) is 24.3 Å². The summed E-state index contributed by atoms with van der Waals surface area (Å²) < 4.78 is 22.2. The third kappa shape index (κ3) is 1.85. The van der Waals surface area contributed by atoms with E-state index in [4.69, 9.17) is 18.9 Å². The number of fused-ring (bicyclic) bond motifs is 1. The maximum atomic E-state index is 9.93. The van der Waals surface area contributed by atoms with E-state index < -0.39 is 6.29 Å². The highest BCUT2D eigenvalue weighted by Crippen LogP contribution is 2.53. The molecule has 1 aromatic rings. The van der Waals surface area contributed by atoms with E-state index in [1.165, 1.54) is 0 Å². The van der Waals surface area contributed by atoms with Gasteiger partial charge in [0, 0.05) is 18.3 Å². The lowest BCUT2D eigenvalue weighted by molar-refractivity contribution is -0.248. The van der Waals surface area contributed by atoms with Crippen LogP contribution < -0.4 is 4.74 Å². The van der Waals surface area contributed by atoms with Gasteiger partial charge < -0.3 is 24.1 Å². The van der Waals surface area contributed by atoms with Crippen LogP contribution in [0, 0.1) is 11.8 Å². The molecule has 1 N–H and O–H groups in total. The fourth-order valence-electron chi connectivity index (χ4n) is 3.53. The topological polar surface area (TPSA) is 57.2 Å². The van der Waals surface area contributed by atoms with Gasteiger partial charge in [-0.25, -0.2) is 0 Å². The molecule has 0 radical (unpaired) electrons. The standard InChI is InChI=1S/C15H18O5/c1-17-9-4-2-8(3-5-9)7-18-14-12-10-6-11(19-13(10)14)20-15(12)16/h2-5,10-16H,6-7H2,1H3/t10-,11?,12?,13-,14-,15-/m1/s1. The summed E-state index contributed by atoms with van der Waals surface area (Å²) in [4.78, 5) is 0. The van der Waals surface area contributed by atoms with Crippen molar-refractivity contribution in [2.75, 3.05) is 7.11 Å². The molecule has 5 nitrogen and oxygen atoms in total. The van der Waals surface area contributed by atoms with Crippen molar-refractivity contribution in [2.45, 2.75) is 37.8 Å². The summed E-state index contributed by atoms with van der Waals surface area (Å²) in [5.74, 6) is 1.28. The second-order valence-electron chi connectivity index (χ2n) is 5.66. The Bertz CT molecular complexity index is 488. The minimum absolute atomic E-state index is 0.0528. The van der Waals surface area contributed by atoms with E-state index in [1.54, 1.807) is 7.11 Å². The number of aliphatic hydroxyl groups excluding tert-OH is 1. The van der Waals surface area contributed by atoms with Gasteiger partial charge in [-0.15, -0.1) is 0 Å². The smallest absolute Gasteiger partial charge is 0.163 e. The summed E-state index contributed by atoms with van der Waals surface area (Å²) in [6.07, 6.45) is -0.0939. The van der Waals surface area contributed by atoms with Crippen LogP contribution >= 0.6 is 0 Å². The van der Waals surface area contributed by atoms with Crippen molar-refractivity contribution in [3.63, 3.8) is 0 Å². The molecule has 0 spiro atoms. The maximum Gasteiger partial charge on any atom is 0.163 e. The summed E-state index contributed by atoms with van der Waals surface area (Å²) >= 11 is 0. The van der Waals surface area contributed by atoms with Gasteiger partial charge in [-0.1, -0.05) is 12.1 Å². The first-order chi connectivity index (χ1) is 9.76. The van der Waals surface area contributed by atoms with Gasteiger partial charge in [0.25, 0.3) is 0 Å². The normalized spacial score (nSPS) is 41.3. The quantitative estimate of drug-likeness (QED) is 0.899. The van der Waals surface area contributed by atoms with Crippen molar-refractivity contribution in [3.05, 3.63) is 29.8 Å². The second kappa shape index (κ2) is 4.70. The zero-order valence-corrected chi connectivity index (χ0v) is 11.3. The number of methoxy groups -OCH3 is 1. The molecule has 1 aliphatic carbocycles. The monoisotopic (exact) mass is 278 g/mol. The maximum absolute atomic E-state index is 9.93. The average Bonchev–Trinajstić information content (AvgIpc) is 2.64. The molecule has 2 saturated heterocycles. The molecule has 2 unspecified atom stereocenters. The van der Waals surface area contributed by atoms with E-state index in [9.17, 15) is 5.11 Å². The predicted molar refractivity (Wildman–Crippen MR) is 68.9 cm³/mol. The molecule has 0 aromatic heterocycles. The highest BCUT2D eigenvalue weighted by Gasteiger charge is 2.64. The molecule has 5 heteroatoms. The van der Waals surface area contributed by atoms with Crippen LogP contribution in [0.4, 0.5) is 0 Å². The molecule has 2 aliphatic heterocycles. The van der Waals surface area contributed by atoms with E-state index in [0.29, 0.717) is 12.5 Å². The Morgan fingerprint density at radius 2 is 2.05 bits per heavy atom. The van der Waals surface area contributed by atoms with Gasteiger partial charge in [-0.2, -0.15) is 0 Å². The fourth-order valence-corrected chi connectivity index (χ4v) is 3.53. The Balaban J connectivity index is 1.40. The Labute approximate surface area is 117 Å². The molecule has 4 rings (SSSR count). The van der Waals surface area contributed by atoms with Gasteiger partial charge in [0.2, 0.25) is 0 Å². The van der Waals surface area contributed by atoms with E-state index in [2.05, 4.69) is 0 Å². The van der Waals surface area contributed by atoms with E-state index in [-0.39, 0.29) is 24.4 Å². The summed E-state index contributed by atoms with van der Waals surface area (Å²) in [5, 5.41) is 9.93. The molecule has 108 valence electrons. The molecule has 1 aromatic carbocycles. The molecule has 3 aliphatic rings. The van der Waals surface area contributed by atoms with Crippen LogP contribution in [-0.4, -0.2) is 37.0 Å². The van der Waals surface area contributed by atoms with Gasteiger partial charge in [0.15, 0.2) is 12.6 Å². The van der Waals surface area contributed by atoms with Crippen molar-refractivity contribution < 1.29 is 24.1 Å². The Morgan fingerprint density at radius 3 is 2.80 bits per heavy atom. The van der Waals surface area contributed by atoms with Gasteiger partial charge >= 0.3 is 0 Å². The van der Waals surface area contributed by atoms with Gasteiger partial charge in [0.1, 0.15) is 5.75 Å². The Kier molecular flexibility index (Phi) is 2.96. The number of hydrogen-bond donors (Lipinski definition) is 1. The first-order valence-electron chi connectivity index (χ1n) is 7.00. The van der Waals surface area contributed by atoms with Gasteiger partial charge in [0.05, 0.1) is 25.9 Å². The van der Waals surface area contributed by atoms with Crippen molar-refractivity contribution >= 4 is 0 Å². The van der Waals surface area contributed by atoms with E-state index in [0.717, 1.165) is 17.7 Å². The lowest BCUT2D eigenvalue weighted by Gasteiger charge is -2.48. The minimum Gasteiger partial charge on any atom is -0.497 e. The molecule has 2 bridgehead atoms. The molecule has 20 heavy (non-hydrogen) atoms. The highest BCUT2D eigenvalue weighted by molar-refractivity contribution is 5.26. The summed E-state index contributed by atoms with van der Waals surface area (Å²) in [6.45, 7) is 0.509. The summed E-state index contributed by atoms with van der Waals surface area (Å²) in [7, 11) is 1.65. The highest BCUT2D eigenvalue weighted by atomic mass is 16.7. The SMILES string of the molecule is COc1ccc(CO[C@@H]2C3[C@H](O)OC4C[C@H]3[C@H]2O4)cc1. The van der Waals surface area contributed by atoms with E-state index in [1.807, 2.05) is 24.3 Å². The minimum atomic E-state index is -0.752. The summed E-state index contributed by atoms with van der Waals surface area (Å²) in [6, 6.07) is 7.79. The molecular weight excluding hydrogens is 260 g/mol. The van der Waals surface area contributed by atoms with Crippen LogP contribution in [0.3, 0.4) is 0 Å². The lowest BCUT2D eigenvalue weighted by atomic mass is 9.66. The lowest BCUT2D eigenvalue weighted by Crippen LogP contribution is -2.59. The Hall–Kier alpha value is -1.14. The zero-order valence-electron chi connectivity index (χ0n) is 11.3. The largest absolute Gasteiger partial charge is 0.497 e. The average molecular weight is 278 g/mol. The van der Waals surface area contributed by atoms with Gasteiger partial charge in [-0.05, 0) is 17.7 Å². The second-order valence-corrected chi connectivity index (χ2v) is 5.66. The van der Waals surface area contributed by atoms with Crippen molar-refractivity contribution in [1.29, 1.82) is 0 Å². The zero-order chi connectivity index (χ0) is 13.7. The van der Waals surface area contributed by atoms with Crippen LogP contribution in [0.2, 0.25) is 0 Å². The molecular formula is C15H18O5. The third-order valence-corrected chi connectivity index (χ3v) is 4.62. The molecule has 1 saturated carbocycles.